The summed E-state index contributed by atoms with van der Waals surface area (Å²) in [5.41, 5.74) is 1.35. The second kappa shape index (κ2) is 4.64. The molecule has 0 radical (unpaired) electrons. The summed E-state index contributed by atoms with van der Waals surface area (Å²) in [4.78, 5) is 2.38. The molecule has 2 rings (SSSR count). The van der Waals surface area contributed by atoms with Crippen LogP contribution >= 0.6 is 0 Å². The average Bonchev–Trinajstić information content (AvgIpc) is 2.71. The summed E-state index contributed by atoms with van der Waals surface area (Å²) < 4.78 is 5.31. The van der Waals surface area contributed by atoms with Crippen LogP contribution in [0.1, 0.15) is 12.7 Å². The molecular formula is C12H18N2O. The second-order valence-electron chi connectivity index (χ2n) is 4.10. The Morgan fingerprint density at radius 1 is 1.67 bits per heavy atom. The van der Waals surface area contributed by atoms with Crippen LogP contribution in [0.15, 0.2) is 28.4 Å². The van der Waals surface area contributed by atoms with E-state index in [-0.39, 0.29) is 0 Å². The molecule has 1 N–H and O–H groups in total. The SMILES string of the molecule is C/C(=C\c1ccco1)C1CNCCN1C. The molecule has 3 heteroatoms. The van der Waals surface area contributed by atoms with Crippen molar-refractivity contribution in [2.45, 2.75) is 13.0 Å². The zero-order chi connectivity index (χ0) is 10.7. The Kier molecular flexibility index (Phi) is 3.23. The molecule has 0 amide bonds. The lowest BCUT2D eigenvalue weighted by Crippen LogP contribution is -2.49. The third-order valence-corrected chi connectivity index (χ3v) is 2.95. The Morgan fingerprint density at radius 2 is 2.53 bits per heavy atom. The molecule has 1 aliphatic rings. The third-order valence-electron chi connectivity index (χ3n) is 2.95. The summed E-state index contributed by atoms with van der Waals surface area (Å²) in [7, 11) is 2.17. The molecule has 15 heavy (non-hydrogen) atoms. The van der Waals surface area contributed by atoms with Gasteiger partial charge in [0.05, 0.1) is 6.26 Å². The smallest absolute Gasteiger partial charge is 0.126 e. The molecule has 82 valence electrons. The first-order valence-corrected chi connectivity index (χ1v) is 5.40. The Labute approximate surface area is 90.8 Å². The molecule has 0 aliphatic carbocycles. The minimum absolute atomic E-state index is 0.490. The van der Waals surface area contributed by atoms with Crippen LogP contribution in [0.25, 0.3) is 6.08 Å². The molecule has 2 heterocycles. The fourth-order valence-corrected chi connectivity index (χ4v) is 2.01. The van der Waals surface area contributed by atoms with E-state index in [0.29, 0.717) is 6.04 Å². The summed E-state index contributed by atoms with van der Waals surface area (Å²) in [5.74, 6) is 0.937. The minimum atomic E-state index is 0.490. The molecule has 1 saturated heterocycles. The van der Waals surface area contributed by atoms with Crippen molar-refractivity contribution in [3.05, 3.63) is 29.7 Å². The fraction of sp³-hybridized carbons (Fsp3) is 0.500. The van der Waals surface area contributed by atoms with Gasteiger partial charge in [0.1, 0.15) is 5.76 Å². The van der Waals surface area contributed by atoms with Crippen molar-refractivity contribution in [2.75, 3.05) is 26.7 Å². The van der Waals surface area contributed by atoms with Crippen molar-refractivity contribution < 1.29 is 4.42 Å². The van der Waals surface area contributed by atoms with E-state index in [0.717, 1.165) is 25.4 Å². The lowest BCUT2D eigenvalue weighted by molar-refractivity contribution is 0.228. The zero-order valence-electron chi connectivity index (χ0n) is 9.36. The summed E-state index contributed by atoms with van der Waals surface area (Å²) in [6.45, 7) is 5.38. The van der Waals surface area contributed by atoms with Crippen molar-refractivity contribution >= 4 is 6.08 Å². The predicted octanol–water partition coefficient (Wildman–Crippen LogP) is 1.59. The van der Waals surface area contributed by atoms with Gasteiger partial charge in [-0.3, -0.25) is 4.90 Å². The quantitative estimate of drug-likeness (QED) is 0.796. The molecule has 0 aromatic carbocycles. The summed E-state index contributed by atoms with van der Waals surface area (Å²) >= 11 is 0. The van der Waals surface area contributed by atoms with Crippen LogP contribution in [0.5, 0.6) is 0 Å². The highest BCUT2D eigenvalue weighted by Gasteiger charge is 2.19. The van der Waals surface area contributed by atoms with Crippen molar-refractivity contribution in [3.8, 4) is 0 Å². The molecule has 1 fully saturated rings. The van der Waals surface area contributed by atoms with Gasteiger partial charge in [-0.05, 0) is 32.2 Å². The monoisotopic (exact) mass is 206 g/mol. The first-order chi connectivity index (χ1) is 7.27. The van der Waals surface area contributed by atoms with Gasteiger partial charge in [0.15, 0.2) is 0 Å². The largest absolute Gasteiger partial charge is 0.465 e. The summed E-state index contributed by atoms with van der Waals surface area (Å²) in [6.07, 6.45) is 3.83. The van der Waals surface area contributed by atoms with Gasteiger partial charge in [-0.2, -0.15) is 0 Å². The van der Waals surface area contributed by atoms with Gasteiger partial charge in [0.25, 0.3) is 0 Å². The molecule has 0 saturated carbocycles. The van der Waals surface area contributed by atoms with E-state index in [1.54, 1.807) is 6.26 Å². The lowest BCUT2D eigenvalue weighted by Gasteiger charge is -2.33. The number of hydrogen-bond donors (Lipinski definition) is 1. The highest BCUT2D eigenvalue weighted by Crippen LogP contribution is 2.14. The topological polar surface area (TPSA) is 28.4 Å². The van der Waals surface area contributed by atoms with Crippen LogP contribution in [-0.4, -0.2) is 37.6 Å². The molecule has 1 atom stereocenters. The average molecular weight is 206 g/mol. The molecule has 1 unspecified atom stereocenters. The van der Waals surface area contributed by atoms with E-state index < -0.39 is 0 Å². The number of nitrogens with one attached hydrogen (secondary N) is 1. The maximum Gasteiger partial charge on any atom is 0.126 e. The zero-order valence-corrected chi connectivity index (χ0v) is 9.36. The van der Waals surface area contributed by atoms with E-state index in [9.17, 15) is 0 Å². The third kappa shape index (κ3) is 2.49. The van der Waals surface area contributed by atoms with E-state index in [2.05, 4.69) is 30.3 Å². The van der Waals surface area contributed by atoms with Gasteiger partial charge in [0.2, 0.25) is 0 Å². The Hall–Kier alpha value is -1.06. The molecule has 3 nitrogen and oxygen atoms in total. The predicted molar refractivity (Wildman–Crippen MR) is 61.6 cm³/mol. The normalized spacial score (nSPS) is 24.4. The van der Waals surface area contributed by atoms with Gasteiger partial charge in [-0.1, -0.05) is 5.57 Å². The molecule has 1 aromatic heterocycles. The fourth-order valence-electron chi connectivity index (χ4n) is 2.01. The summed E-state index contributed by atoms with van der Waals surface area (Å²) in [6, 6.07) is 4.39. The van der Waals surface area contributed by atoms with Crippen LogP contribution in [0.2, 0.25) is 0 Å². The molecule has 1 aromatic rings. The second-order valence-corrected chi connectivity index (χ2v) is 4.10. The van der Waals surface area contributed by atoms with E-state index >= 15 is 0 Å². The van der Waals surface area contributed by atoms with Gasteiger partial charge >= 0.3 is 0 Å². The van der Waals surface area contributed by atoms with Gasteiger partial charge in [0, 0.05) is 25.7 Å². The number of nitrogens with zero attached hydrogens (tertiary/aromatic N) is 1. The van der Waals surface area contributed by atoms with Crippen molar-refractivity contribution in [2.24, 2.45) is 0 Å². The summed E-state index contributed by atoms with van der Waals surface area (Å²) in [5, 5.41) is 3.41. The first kappa shape index (κ1) is 10.5. The van der Waals surface area contributed by atoms with Gasteiger partial charge < -0.3 is 9.73 Å². The van der Waals surface area contributed by atoms with Crippen LogP contribution in [0.4, 0.5) is 0 Å². The van der Waals surface area contributed by atoms with E-state index in [1.807, 2.05) is 12.1 Å². The van der Waals surface area contributed by atoms with Crippen LogP contribution in [-0.2, 0) is 0 Å². The lowest BCUT2D eigenvalue weighted by atomic mass is 10.0. The first-order valence-electron chi connectivity index (χ1n) is 5.40. The number of hydrogen-bond acceptors (Lipinski definition) is 3. The standard InChI is InChI=1S/C12H18N2O/c1-10(8-11-4-3-7-15-11)12-9-13-5-6-14(12)2/h3-4,7-8,12-13H,5-6,9H2,1-2H3/b10-8+. The maximum absolute atomic E-state index is 5.31. The Balaban J connectivity index is 2.09. The maximum atomic E-state index is 5.31. The number of rotatable bonds is 2. The van der Waals surface area contributed by atoms with Gasteiger partial charge in [-0.25, -0.2) is 0 Å². The highest BCUT2D eigenvalue weighted by molar-refractivity contribution is 5.48. The van der Waals surface area contributed by atoms with Crippen LogP contribution < -0.4 is 5.32 Å². The van der Waals surface area contributed by atoms with Crippen molar-refractivity contribution in [3.63, 3.8) is 0 Å². The molecule has 0 spiro atoms. The van der Waals surface area contributed by atoms with E-state index in [4.69, 9.17) is 4.42 Å². The Morgan fingerprint density at radius 3 is 3.20 bits per heavy atom. The van der Waals surface area contributed by atoms with Crippen molar-refractivity contribution in [1.82, 2.24) is 10.2 Å². The number of likely N-dealkylation sites (N-methyl/N-ethyl adjacent to an activating group) is 1. The van der Waals surface area contributed by atoms with Crippen LogP contribution in [0, 0.1) is 0 Å². The van der Waals surface area contributed by atoms with Crippen LogP contribution in [0.3, 0.4) is 0 Å². The highest BCUT2D eigenvalue weighted by atomic mass is 16.3. The minimum Gasteiger partial charge on any atom is -0.465 e. The molecule has 1 aliphatic heterocycles. The Bertz CT molecular complexity index is 329. The van der Waals surface area contributed by atoms with E-state index in [1.165, 1.54) is 5.57 Å². The number of furan rings is 1. The molecule has 0 bridgehead atoms. The van der Waals surface area contributed by atoms with Gasteiger partial charge in [-0.15, -0.1) is 0 Å². The number of piperazine rings is 1. The van der Waals surface area contributed by atoms with Crippen molar-refractivity contribution in [1.29, 1.82) is 0 Å². The molecular weight excluding hydrogens is 188 g/mol.